The van der Waals surface area contributed by atoms with Crippen LogP contribution in [-0.2, 0) is 9.59 Å². The lowest BCUT2D eigenvalue weighted by molar-refractivity contribution is -0.146. The molecule has 0 aliphatic carbocycles. The summed E-state index contributed by atoms with van der Waals surface area (Å²) < 4.78 is 0. The van der Waals surface area contributed by atoms with E-state index < -0.39 is 12.1 Å². The van der Waals surface area contributed by atoms with Crippen LogP contribution in [0.3, 0.4) is 0 Å². The molecule has 0 aromatic carbocycles. The zero-order valence-corrected chi connectivity index (χ0v) is 8.99. The third kappa shape index (κ3) is 7.90. The van der Waals surface area contributed by atoms with Crippen LogP contribution in [0, 0.1) is 0 Å². The maximum absolute atomic E-state index is 11.1. The molecule has 6 heteroatoms. The molecule has 0 saturated heterocycles. The Hall–Kier alpha value is -1.14. The van der Waals surface area contributed by atoms with Crippen molar-refractivity contribution in [3.63, 3.8) is 0 Å². The van der Waals surface area contributed by atoms with E-state index >= 15 is 0 Å². The van der Waals surface area contributed by atoms with Crippen LogP contribution in [-0.4, -0.2) is 47.3 Å². The van der Waals surface area contributed by atoms with E-state index in [1.807, 2.05) is 13.8 Å². The molecule has 0 radical (unpaired) electrons. The predicted octanol–water partition coefficient (Wildman–Crippen LogP) is -1.06. The lowest BCUT2D eigenvalue weighted by Gasteiger charge is -2.09. The van der Waals surface area contributed by atoms with Crippen LogP contribution in [0.25, 0.3) is 0 Å². The molecule has 0 aromatic rings. The fraction of sp³-hybridized carbons (Fsp3) is 0.778. The van der Waals surface area contributed by atoms with Crippen molar-refractivity contribution in [1.29, 1.82) is 0 Å². The Bertz CT molecular complexity index is 218. The minimum absolute atomic E-state index is 0.254. The van der Waals surface area contributed by atoms with Crippen LogP contribution >= 0.6 is 0 Å². The second-order valence-electron chi connectivity index (χ2n) is 3.52. The third-order valence-corrected chi connectivity index (χ3v) is 1.68. The first-order valence-corrected chi connectivity index (χ1v) is 4.84. The van der Waals surface area contributed by atoms with Crippen molar-refractivity contribution >= 4 is 11.9 Å². The Morgan fingerprint density at radius 3 is 2.40 bits per heavy atom. The van der Waals surface area contributed by atoms with Crippen molar-refractivity contribution in [3.8, 4) is 0 Å². The van der Waals surface area contributed by atoms with Gasteiger partial charge in [-0.15, -0.1) is 0 Å². The molecule has 0 fully saturated rings. The Morgan fingerprint density at radius 2 is 1.93 bits per heavy atom. The van der Waals surface area contributed by atoms with Gasteiger partial charge in [-0.3, -0.25) is 4.79 Å². The summed E-state index contributed by atoms with van der Waals surface area (Å²) in [4.78, 5) is 21.3. The Labute approximate surface area is 88.7 Å². The van der Waals surface area contributed by atoms with E-state index in [0.717, 1.165) is 0 Å². The van der Waals surface area contributed by atoms with E-state index in [0.29, 0.717) is 12.6 Å². The summed E-state index contributed by atoms with van der Waals surface area (Å²) in [6.07, 6.45) is -1.27. The van der Waals surface area contributed by atoms with Gasteiger partial charge in [0.1, 0.15) is 0 Å². The topological polar surface area (TPSA) is 98.7 Å². The molecule has 88 valence electrons. The average molecular weight is 218 g/mol. The molecule has 1 amide bonds. The van der Waals surface area contributed by atoms with Crippen LogP contribution in [0.5, 0.6) is 0 Å². The normalized spacial score (nSPS) is 12.5. The Kier molecular flexibility index (Phi) is 6.64. The molecule has 0 heterocycles. The lowest BCUT2D eigenvalue weighted by atomic mass is 10.3. The number of amides is 1. The summed E-state index contributed by atoms with van der Waals surface area (Å²) in [6, 6.07) is 0.308. The SMILES string of the molecule is CC(C)NCCC(=O)NC[C@H](O)C(=O)O. The molecule has 0 aliphatic rings. The summed E-state index contributed by atoms with van der Waals surface area (Å²) in [6.45, 7) is 4.21. The largest absolute Gasteiger partial charge is 0.479 e. The quantitative estimate of drug-likeness (QED) is 0.436. The molecule has 1 atom stereocenters. The number of hydrogen-bond donors (Lipinski definition) is 4. The summed E-state index contributed by atoms with van der Waals surface area (Å²) >= 11 is 0. The van der Waals surface area contributed by atoms with Gasteiger partial charge in [0.2, 0.25) is 5.91 Å². The van der Waals surface area contributed by atoms with Gasteiger partial charge in [0.25, 0.3) is 0 Å². The molecule has 0 rings (SSSR count). The number of hydrogen-bond acceptors (Lipinski definition) is 4. The van der Waals surface area contributed by atoms with E-state index in [1.165, 1.54) is 0 Å². The molecule has 0 unspecified atom stereocenters. The maximum atomic E-state index is 11.1. The minimum atomic E-state index is -1.54. The van der Waals surface area contributed by atoms with Crippen molar-refractivity contribution in [2.24, 2.45) is 0 Å². The molecule has 0 spiro atoms. The fourth-order valence-corrected chi connectivity index (χ4v) is 0.861. The van der Waals surface area contributed by atoms with Crippen molar-refractivity contribution in [3.05, 3.63) is 0 Å². The number of carboxylic acid groups (broad SMARTS) is 1. The lowest BCUT2D eigenvalue weighted by Crippen LogP contribution is -2.38. The summed E-state index contributed by atoms with van der Waals surface area (Å²) in [5, 5.41) is 22.6. The first-order valence-electron chi connectivity index (χ1n) is 4.84. The van der Waals surface area contributed by atoms with Gasteiger partial charge in [-0.1, -0.05) is 13.8 Å². The molecular weight excluding hydrogens is 200 g/mol. The number of carbonyl (C=O) groups excluding carboxylic acids is 1. The van der Waals surface area contributed by atoms with Crippen molar-refractivity contribution < 1.29 is 19.8 Å². The Balaban J connectivity index is 3.53. The second kappa shape index (κ2) is 7.19. The van der Waals surface area contributed by atoms with Crippen molar-refractivity contribution in [2.45, 2.75) is 32.4 Å². The van der Waals surface area contributed by atoms with Gasteiger partial charge in [-0.25, -0.2) is 4.79 Å². The smallest absolute Gasteiger partial charge is 0.334 e. The highest BCUT2D eigenvalue weighted by Gasteiger charge is 2.13. The van der Waals surface area contributed by atoms with Gasteiger partial charge in [0, 0.05) is 19.0 Å². The maximum Gasteiger partial charge on any atom is 0.334 e. The average Bonchev–Trinajstić information content (AvgIpc) is 2.13. The fourth-order valence-electron chi connectivity index (χ4n) is 0.861. The van der Waals surface area contributed by atoms with E-state index in [-0.39, 0.29) is 18.9 Å². The number of carboxylic acids is 1. The first kappa shape index (κ1) is 13.9. The van der Waals surface area contributed by atoms with Crippen LogP contribution < -0.4 is 10.6 Å². The molecule has 4 N–H and O–H groups in total. The van der Waals surface area contributed by atoms with Crippen LogP contribution in [0.2, 0.25) is 0 Å². The molecule has 0 bridgehead atoms. The van der Waals surface area contributed by atoms with E-state index in [2.05, 4.69) is 10.6 Å². The van der Waals surface area contributed by atoms with Gasteiger partial charge < -0.3 is 20.8 Å². The monoisotopic (exact) mass is 218 g/mol. The van der Waals surface area contributed by atoms with E-state index in [1.54, 1.807) is 0 Å². The van der Waals surface area contributed by atoms with Crippen LogP contribution in [0.15, 0.2) is 0 Å². The minimum Gasteiger partial charge on any atom is -0.479 e. The van der Waals surface area contributed by atoms with Crippen LogP contribution in [0.1, 0.15) is 20.3 Å². The third-order valence-electron chi connectivity index (χ3n) is 1.68. The number of carbonyl (C=O) groups is 2. The second-order valence-corrected chi connectivity index (χ2v) is 3.52. The summed E-state index contributed by atoms with van der Waals surface area (Å²) in [5.74, 6) is -1.61. The number of aliphatic hydroxyl groups is 1. The van der Waals surface area contributed by atoms with Gasteiger partial charge in [0.15, 0.2) is 6.10 Å². The van der Waals surface area contributed by atoms with Crippen LogP contribution in [0.4, 0.5) is 0 Å². The standard InChI is InChI=1S/C9H18N2O4/c1-6(2)10-4-3-8(13)11-5-7(12)9(14)15/h6-7,10,12H,3-5H2,1-2H3,(H,11,13)(H,14,15)/t7-/m0/s1. The zero-order valence-electron chi connectivity index (χ0n) is 8.99. The van der Waals surface area contributed by atoms with Gasteiger partial charge >= 0.3 is 5.97 Å². The number of aliphatic hydroxyl groups excluding tert-OH is 1. The molecular formula is C9H18N2O4. The highest BCUT2D eigenvalue weighted by atomic mass is 16.4. The first-order chi connectivity index (χ1) is 6.93. The van der Waals surface area contributed by atoms with Gasteiger partial charge in [-0.2, -0.15) is 0 Å². The van der Waals surface area contributed by atoms with Gasteiger partial charge in [0.05, 0.1) is 6.54 Å². The molecule has 0 saturated carbocycles. The van der Waals surface area contributed by atoms with E-state index in [9.17, 15) is 9.59 Å². The van der Waals surface area contributed by atoms with Crippen molar-refractivity contribution in [1.82, 2.24) is 10.6 Å². The van der Waals surface area contributed by atoms with E-state index in [4.69, 9.17) is 10.2 Å². The highest BCUT2D eigenvalue weighted by Crippen LogP contribution is 1.84. The predicted molar refractivity (Wildman–Crippen MR) is 54.4 cm³/mol. The molecule has 0 aromatic heterocycles. The zero-order chi connectivity index (χ0) is 11.8. The highest BCUT2D eigenvalue weighted by molar-refractivity contribution is 5.78. The molecule has 0 aliphatic heterocycles. The Morgan fingerprint density at radius 1 is 1.33 bits per heavy atom. The molecule has 6 nitrogen and oxygen atoms in total. The number of rotatable bonds is 7. The van der Waals surface area contributed by atoms with Gasteiger partial charge in [-0.05, 0) is 0 Å². The summed E-state index contributed by atoms with van der Waals surface area (Å²) in [7, 11) is 0. The number of aliphatic carboxylic acids is 1. The molecule has 15 heavy (non-hydrogen) atoms. The van der Waals surface area contributed by atoms with Crippen molar-refractivity contribution in [2.75, 3.05) is 13.1 Å². The number of nitrogens with one attached hydrogen (secondary N) is 2. The summed E-state index contributed by atoms with van der Waals surface area (Å²) in [5.41, 5.74) is 0.